The molecule has 0 aliphatic carbocycles. The van der Waals surface area contributed by atoms with E-state index in [-0.39, 0.29) is 11.5 Å². The van der Waals surface area contributed by atoms with Gasteiger partial charge in [0.25, 0.3) is 10.0 Å². The molecule has 1 heterocycles. The van der Waals surface area contributed by atoms with Crippen molar-refractivity contribution in [3.8, 4) is 0 Å². The SMILES string of the molecule is Cc1ccc(CO)cc1S(=O)(=O)NN1CCCCC1. The zero-order chi connectivity index (χ0) is 13.9. The fourth-order valence-corrected chi connectivity index (χ4v) is 3.66. The number of hydrogen-bond donors (Lipinski definition) is 2. The Bertz CT molecular complexity index is 537. The van der Waals surface area contributed by atoms with Gasteiger partial charge in [0.1, 0.15) is 0 Å². The minimum atomic E-state index is -3.56. The summed E-state index contributed by atoms with van der Waals surface area (Å²) in [5, 5.41) is 10.9. The molecule has 5 nitrogen and oxygen atoms in total. The molecule has 106 valence electrons. The van der Waals surface area contributed by atoms with E-state index in [4.69, 9.17) is 5.11 Å². The van der Waals surface area contributed by atoms with E-state index in [0.29, 0.717) is 11.1 Å². The molecule has 1 aliphatic heterocycles. The molecule has 1 aliphatic rings. The van der Waals surface area contributed by atoms with Crippen LogP contribution in [0.3, 0.4) is 0 Å². The molecule has 0 unspecified atom stereocenters. The molecule has 1 fully saturated rings. The highest BCUT2D eigenvalue weighted by molar-refractivity contribution is 7.89. The van der Waals surface area contributed by atoms with Gasteiger partial charge in [0, 0.05) is 13.1 Å². The van der Waals surface area contributed by atoms with Crippen LogP contribution < -0.4 is 4.83 Å². The Morgan fingerprint density at radius 2 is 1.95 bits per heavy atom. The van der Waals surface area contributed by atoms with Gasteiger partial charge in [-0.05, 0) is 37.0 Å². The van der Waals surface area contributed by atoms with Crippen molar-refractivity contribution in [2.45, 2.75) is 37.7 Å². The van der Waals surface area contributed by atoms with Gasteiger partial charge in [-0.1, -0.05) is 18.6 Å². The van der Waals surface area contributed by atoms with Crippen LogP contribution in [-0.2, 0) is 16.6 Å². The molecule has 1 aromatic carbocycles. The standard InChI is InChI=1S/C13H20N2O3S/c1-11-5-6-12(10-16)9-13(11)19(17,18)14-15-7-3-2-4-8-15/h5-6,9,14,16H,2-4,7-8,10H2,1H3. The van der Waals surface area contributed by atoms with Crippen molar-refractivity contribution in [1.29, 1.82) is 0 Å². The van der Waals surface area contributed by atoms with Crippen LogP contribution in [0.4, 0.5) is 0 Å². The molecule has 0 spiro atoms. The van der Waals surface area contributed by atoms with Gasteiger partial charge in [-0.25, -0.2) is 13.4 Å². The molecule has 0 amide bonds. The van der Waals surface area contributed by atoms with E-state index in [2.05, 4.69) is 4.83 Å². The van der Waals surface area contributed by atoms with Gasteiger partial charge in [-0.3, -0.25) is 0 Å². The predicted molar refractivity (Wildman–Crippen MR) is 72.8 cm³/mol. The van der Waals surface area contributed by atoms with E-state index in [1.54, 1.807) is 24.1 Å². The lowest BCUT2D eigenvalue weighted by atomic mass is 10.2. The number of hydrogen-bond acceptors (Lipinski definition) is 4. The maximum Gasteiger partial charge on any atom is 0.253 e. The van der Waals surface area contributed by atoms with Crippen molar-refractivity contribution >= 4 is 10.0 Å². The smallest absolute Gasteiger partial charge is 0.253 e. The fourth-order valence-electron chi connectivity index (χ4n) is 2.24. The molecule has 0 bridgehead atoms. The number of aliphatic hydroxyl groups is 1. The molecule has 2 rings (SSSR count). The number of aryl methyl sites for hydroxylation is 1. The predicted octanol–water partition coefficient (Wildman–Crippen LogP) is 1.17. The van der Waals surface area contributed by atoms with Crippen LogP contribution in [0.15, 0.2) is 23.1 Å². The van der Waals surface area contributed by atoms with Crippen LogP contribution in [0.1, 0.15) is 30.4 Å². The number of sulfonamides is 1. The lowest BCUT2D eigenvalue weighted by Crippen LogP contribution is -2.45. The zero-order valence-electron chi connectivity index (χ0n) is 11.1. The molecule has 0 saturated carbocycles. The van der Waals surface area contributed by atoms with Gasteiger partial charge < -0.3 is 5.11 Å². The molecular weight excluding hydrogens is 264 g/mol. The van der Waals surface area contributed by atoms with Crippen molar-refractivity contribution in [3.63, 3.8) is 0 Å². The third kappa shape index (κ3) is 3.54. The van der Waals surface area contributed by atoms with Crippen molar-refractivity contribution in [2.24, 2.45) is 0 Å². The highest BCUT2D eigenvalue weighted by atomic mass is 32.2. The Kier molecular flexibility index (Phi) is 4.57. The van der Waals surface area contributed by atoms with Crippen LogP contribution in [0, 0.1) is 6.92 Å². The molecule has 19 heavy (non-hydrogen) atoms. The summed E-state index contributed by atoms with van der Waals surface area (Å²) in [6, 6.07) is 4.98. The number of rotatable bonds is 4. The van der Waals surface area contributed by atoms with E-state index >= 15 is 0 Å². The Morgan fingerprint density at radius 1 is 1.26 bits per heavy atom. The molecule has 2 N–H and O–H groups in total. The first-order valence-electron chi connectivity index (χ1n) is 6.51. The first-order chi connectivity index (χ1) is 9.03. The Labute approximate surface area is 114 Å². The van der Waals surface area contributed by atoms with E-state index in [0.717, 1.165) is 32.4 Å². The average Bonchev–Trinajstić information content (AvgIpc) is 2.39. The van der Waals surface area contributed by atoms with Gasteiger partial charge in [-0.2, -0.15) is 0 Å². The Hall–Kier alpha value is -0.950. The monoisotopic (exact) mass is 284 g/mol. The van der Waals surface area contributed by atoms with Crippen molar-refractivity contribution < 1.29 is 13.5 Å². The van der Waals surface area contributed by atoms with Crippen LogP contribution in [0.25, 0.3) is 0 Å². The lowest BCUT2D eigenvalue weighted by molar-refractivity contribution is 0.200. The third-order valence-electron chi connectivity index (χ3n) is 3.33. The molecule has 0 radical (unpaired) electrons. The largest absolute Gasteiger partial charge is 0.392 e. The summed E-state index contributed by atoms with van der Waals surface area (Å²) in [6.07, 6.45) is 3.17. The van der Waals surface area contributed by atoms with E-state index in [1.165, 1.54) is 6.07 Å². The summed E-state index contributed by atoms with van der Waals surface area (Å²) in [4.78, 5) is 2.87. The van der Waals surface area contributed by atoms with Crippen molar-refractivity contribution in [1.82, 2.24) is 9.84 Å². The Morgan fingerprint density at radius 3 is 2.58 bits per heavy atom. The second kappa shape index (κ2) is 6.00. The number of hydrazine groups is 1. The molecular formula is C13H20N2O3S. The number of benzene rings is 1. The lowest BCUT2D eigenvalue weighted by Gasteiger charge is -2.27. The summed E-state index contributed by atoms with van der Waals surface area (Å²) >= 11 is 0. The summed E-state index contributed by atoms with van der Waals surface area (Å²) in [5.74, 6) is 0. The average molecular weight is 284 g/mol. The van der Waals surface area contributed by atoms with Gasteiger partial charge in [0.05, 0.1) is 11.5 Å². The minimum Gasteiger partial charge on any atom is -0.392 e. The first-order valence-corrected chi connectivity index (χ1v) is 7.99. The van der Waals surface area contributed by atoms with Crippen molar-refractivity contribution in [3.05, 3.63) is 29.3 Å². The number of piperidine rings is 1. The number of nitrogens with one attached hydrogen (secondary N) is 1. The number of aliphatic hydroxyl groups excluding tert-OH is 1. The second-order valence-electron chi connectivity index (χ2n) is 4.90. The second-order valence-corrected chi connectivity index (χ2v) is 6.53. The van der Waals surface area contributed by atoms with Crippen molar-refractivity contribution in [2.75, 3.05) is 13.1 Å². The normalized spacial score (nSPS) is 17.6. The maximum atomic E-state index is 12.4. The Balaban J connectivity index is 2.23. The highest BCUT2D eigenvalue weighted by Gasteiger charge is 2.21. The zero-order valence-corrected chi connectivity index (χ0v) is 11.9. The van der Waals surface area contributed by atoms with E-state index < -0.39 is 10.0 Å². The number of nitrogens with zero attached hydrogens (tertiary/aromatic N) is 1. The molecule has 0 aromatic heterocycles. The van der Waals surface area contributed by atoms with E-state index in [1.807, 2.05) is 0 Å². The van der Waals surface area contributed by atoms with Gasteiger partial charge in [-0.15, -0.1) is 4.83 Å². The maximum absolute atomic E-state index is 12.4. The summed E-state index contributed by atoms with van der Waals surface area (Å²) in [5.41, 5.74) is 1.28. The van der Waals surface area contributed by atoms with Crippen LogP contribution >= 0.6 is 0 Å². The van der Waals surface area contributed by atoms with E-state index in [9.17, 15) is 8.42 Å². The van der Waals surface area contributed by atoms with Crippen LogP contribution in [0.2, 0.25) is 0 Å². The fraction of sp³-hybridized carbons (Fsp3) is 0.538. The molecule has 0 atom stereocenters. The molecule has 6 heteroatoms. The summed E-state index contributed by atoms with van der Waals surface area (Å²) in [6.45, 7) is 3.09. The van der Waals surface area contributed by atoms with Gasteiger partial charge in [0.15, 0.2) is 0 Å². The topological polar surface area (TPSA) is 69.6 Å². The summed E-state index contributed by atoms with van der Waals surface area (Å²) in [7, 11) is -3.56. The first kappa shape index (κ1) is 14.5. The quantitative estimate of drug-likeness (QED) is 0.870. The summed E-state index contributed by atoms with van der Waals surface area (Å²) < 4.78 is 24.7. The molecule has 1 aromatic rings. The van der Waals surface area contributed by atoms with Crippen LogP contribution in [0.5, 0.6) is 0 Å². The minimum absolute atomic E-state index is 0.160. The molecule has 1 saturated heterocycles. The third-order valence-corrected chi connectivity index (χ3v) is 4.85. The van der Waals surface area contributed by atoms with Crippen LogP contribution in [-0.4, -0.2) is 31.6 Å². The van der Waals surface area contributed by atoms with Gasteiger partial charge in [0.2, 0.25) is 0 Å². The van der Waals surface area contributed by atoms with Gasteiger partial charge >= 0.3 is 0 Å². The highest BCUT2D eigenvalue weighted by Crippen LogP contribution is 2.18.